The van der Waals surface area contributed by atoms with Crippen LogP contribution in [0.2, 0.25) is 0 Å². The molecule has 0 bridgehead atoms. The number of methoxy groups -OCH3 is 2. The first-order valence-corrected chi connectivity index (χ1v) is 12.0. The molecule has 3 aromatic carbocycles. The van der Waals surface area contributed by atoms with E-state index in [2.05, 4.69) is 0 Å². The highest BCUT2D eigenvalue weighted by molar-refractivity contribution is 6.04. The van der Waals surface area contributed by atoms with Gasteiger partial charge in [0.05, 0.1) is 25.5 Å². The third kappa shape index (κ3) is 6.21. The average Bonchev–Trinajstić information content (AvgIpc) is 3.37. The number of nitrogens with zero attached hydrogens (tertiary/aromatic N) is 3. The van der Waals surface area contributed by atoms with Gasteiger partial charge < -0.3 is 14.4 Å². The second-order valence-corrected chi connectivity index (χ2v) is 8.88. The summed E-state index contributed by atoms with van der Waals surface area (Å²) in [5, 5.41) is 6.17. The van der Waals surface area contributed by atoms with Crippen LogP contribution in [0.4, 0.5) is 4.39 Å². The summed E-state index contributed by atoms with van der Waals surface area (Å²) in [6.07, 6.45) is 0.512. The topological polar surface area (TPSA) is 71.4 Å². The van der Waals surface area contributed by atoms with Crippen molar-refractivity contribution in [3.8, 4) is 5.75 Å². The van der Waals surface area contributed by atoms with Gasteiger partial charge in [0.15, 0.2) is 0 Å². The number of benzene rings is 3. The van der Waals surface area contributed by atoms with Crippen LogP contribution in [0.25, 0.3) is 0 Å². The molecule has 1 heterocycles. The Hall–Kier alpha value is -4.04. The molecule has 3 aromatic rings. The second kappa shape index (κ2) is 11.8. The number of aryl methyl sites for hydroxylation is 1. The molecule has 0 N–H and O–H groups in total. The monoisotopic (exact) mass is 503 g/mol. The van der Waals surface area contributed by atoms with Gasteiger partial charge in [-0.25, -0.2) is 9.40 Å². The maximum atomic E-state index is 13.8. The molecule has 0 saturated heterocycles. The van der Waals surface area contributed by atoms with Gasteiger partial charge in [-0.2, -0.15) is 5.10 Å². The van der Waals surface area contributed by atoms with E-state index in [1.54, 1.807) is 7.11 Å². The lowest BCUT2D eigenvalue weighted by molar-refractivity contribution is -0.133. The Morgan fingerprint density at radius 1 is 1.05 bits per heavy atom. The van der Waals surface area contributed by atoms with Crippen LogP contribution in [-0.4, -0.2) is 61.4 Å². The molecule has 0 radical (unpaired) electrons. The molecule has 0 aliphatic carbocycles. The Bertz CT molecular complexity index is 1290. The van der Waals surface area contributed by atoms with Gasteiger partial charge in [0.25, 0.3) is 11.8 Å². The number of ether oxygens (including phenoxy) is 2. The fourth-order valence-corrected chi connectivity index (χ4v) is 4.26. The van der Waals surface area contributed by atoms with Crippen LogP contribution in [0.5, 0.6) is 5.75 Å². The number of hydrogen-bond acceptors (Lipinski definition) is 5. The average molecular weight is 504 g/mol. The summed E-state index contributed by atoms with van der Waals surface area (Å²) < 4.78 is 24.3. The van der Waals surface area contributed by atoms with Crippen LogP contribution in [0.1, 0.15) is 39.5 Å². The normalized spacial score (nSPS) is 14.9. The first kappa shape index (κ1) is 26.0. The Balaban J connectivity index is 1.64. The molecule has 0 fully saturated rings. The van der Waals surface area contributed by atoms with Gasteiger partial charge >= 0.3 is 0 Å². The molecule has 2 amide bonds. The first-order valence-electron chi connectivity index (χ1n) is 12.0. The molecule has 37 heavy (non-hydrogen) atoms. The molecule has 1 atom stereocenters. The summed E-state index contributed by atoms with van der Waals surface area (Å²) in [7, 11) is 3.12. The quantitative estimate of drug-likeness (QED) is 0.428. The van der Waals surface area contributed by atoms with Crippen molar-refractivity contribution in [1.29, 1.82) is 0 Å². The molecule has 4 rings (SSSR count). The SMILES string of the molecule is COCCN(CC(=O)N1N=C(c2cccc(OC)c2)CC1c1ccc(C)cc1)C(=O)c1cccc(F)c1. The van der Waals surface area contributed by atoms with Gasteiger partial charge in [0.2, 0.25) is 0 Å². The Morgan fingerprint density at radius 3 is 2.51 bits per heavy atom. The summed E-state index contributed by atoms with van der Waals surface area (Å²) in [5.74, 6) is -0.615. The van der Waals surface area contributed by atoms with Gasteiger partial charge in [0.1, 0.15) is 18.1 Å². The molecule has 1 aliphatic heterocycles. The van der Waals surface area contributed by atoms with E-state index in [1.165, 1.54) is 35.2 Å². The Labute approximate surface area is 216 Å². The lowest BCUT2D eigenvalue weighted by atomic mass is 9.97. The molecule has 8 heteroatoms. The smallest absolute Gasteiger partial charge is 0.262 e. The van der Waals surface area contributed by atoms with Crippen molar-refractivity contribution in [3.63, 3.8) is 0 Å². The van der Waals surface area contributed by atoms with Gasteiger partial charge in [-0.3, -0.25) is 9.59 Å². The van der Waals surface area contributed by atoms with Crippen molar-refractivity contribution >= 4 is 17.5 Å². The van der Waals surface area contributed by atoms with Crippen molar-refractivity contribution in [2.45, 2.75) is 19.4 Å². The van der Waals surface area contributed by atoms with Gasteiger partial charge in [-0.05, 0) is 42.8 Å². The van der Waals surface area contributed by atoms with Gasteiger partial charge in [0, 0.05) is 31.2 Å². The van der Waals surface area contributed by atoms with Crippen molar-refractivity contribution in [3.05, 3.63) is 101 Å². The first-order chi connectivity index (χ1) is 17.9. The molecule has 7 nitrogen and oxygen atoms in total. The Kier molecular flexibility index (Phi) is 8.30. The van der Waals surface area contributed by atoms with Gasteiger partial charge in [-0.1, -0.05) is 48.0 Å². The number of hydrogen-bond donors (Lipinski definition) is 0. The second-order valence-electron chi connectivity index (χ2n) is 8.88. The Morgan fingerprint density at radius 2 is 1.81 bits per heavy atom. The van der Waals surface area contributed by atoms with E-state index < -0.39 is 11.7 Å². The zero-order chi connectivity index (χ0) is 26.4. The fraction of sp³-hybridized carbons (Fsp3) is 0.276. The highest BCUT2D eigenvalue weighted by atomic mass is 19.1. The minimum atomic E-state index is -0.518. The van der Waals surface area contributed by atoms with E-state index in [-0.39, 0.29) is 37.2 Å². The van der Waals surface area contributed by atoms with Crippen molar-refractivity contribution in [2.24, 2.45) is 5.10 Å². The van der Waals surface area contributed by atoms with E-state index in [9.17, 15) is 14.0 Å². The minimum Gasteiger partial charge on any atom is -0.497 e. The molecule has 1 aliphatic rings. The maximum Gasteiger partial charge on any atom is 0.262 e. The van der Waals surface area contributed by atoms with Crippen LogP contribution in [0, 0.1) is 12.7 Å². The maximum absolute atomic E-state index is 13.8. The number of amides is 2. The standard InChI is InChI=1S/C29H30FN3O4/c1-20-10-12-21(13-11-20)27-18-26(22-6-5-9-25(17-22)37-3)31-33(27)28(34)19-32(14-15-36-2)29(35)23-7-4-8-24(30)16-23/h4-13,16-17,27H,14-15,18-19H2,1-3H3. The number of carbonyl (C=O) groups excluding carboxylic acids is 2. The number of hydrazone groups is 1. The van der Waals surface area contributed by atoms with Crippen LogP contribution in [0.15, 0.2) is 77.9 Å². The highest BCUT2D eigenvalue weighted by Gasteiger charge is 2.34. The third-order valence-corrected chi connectivity index (χ3v) is 6.28. The number of halogens is 1. The summed E-state index contributed by atoms with van der Waals surface area (Å²) in [5.41, 5.74) is 3.83. The fourth-order valence-electron chi connectivity index (χ4n) is 4.26. The van der Waals surface area contributed by atoms with Crippen LogP contribution in [-0.2, 0) is 9.53 Å². The summed E-state index contributed by atoms with van der Waals surface area (Å²) in [6.45, 7) is 2.18. The van der Waals surface area contributed by atoms with Crippen molar-refractivity contribution < 1.29 is 23.5 Å². The highest BCUT2D eigenvalue weighted by Crippen LogP contribution is 2.33. The lowest BCUT2D eigenvalue weighted by Crippen LogP contribution is -2.42. The van der Waals surface area contributed by atoms with E-state index in [4.69, 9.17) is 14.6 Å². The van der Waals surface area contributed by atoms with E-state index in [0.29, 0.717) is 12.2 Å². The molecule has 1 unspecified atom stereocenters. The zero-order valence-corrected chi connectivity index (χ0v) is 21.2. The molecule has 0 aromatic heterocycles. The number of carbonyl (C=O) groups is 2. The molecular formula is C29H30FN3O4. The number of rotatable bonds is 9. The van der Waals surface area contributed by atoms with E-state index in [1.807, 2.05) is 55.5 Å². The minimum absolute atomic E-state index is 0.168. The van der Waals surface area contributed by atoms with Gasteiger partial charge in [-0.15, -0.1) is 0 Å². The lowest BCUT2D eigenvalue weighted by Gasteiger charge is -2.27. The van der Waals surface area contributed by atoms with Crippen LogP contribution < -0.4 is 4.74 Å². The van der Waals surface area contributed by atoms with E-state index in [0.717, 1.165) is 28.5 Å². The molecular weight excluding hydrogens is 473 g/mol. The summed E-state index contributed by atoms with van der Waals surface area (Å²) in [6, 6.07) is 20.6. The predicted molar refractivity (Wildman–Crippen MR) is 139 cm³/mol. The van der Waals surface area contributed by atoms with Crippen molar-refractivity contribution in [2.75, 3.05) is 33.9 Å². The molecule has 192 valence electrons. The third-order valence-electron chi connectivity index (χ3n) is 6.28. The predicted octanol–water partition coefficient (Wildman–Crippen LogP) is 4.61. The van der Waals surface area contributed by atoms with Crippen molar-refractivity contribution in [1.82, 2.24) is 9.91 Å². The largest absolute Gasteiger partial charge is 0.497 e. The summed E-state index contributed by atoms with van der Waals surface area (Å²) in [4.78, 5) is 28.2. The molecule has 0 saturated carbocycles. The summed E-state index contributed by atoms with van der Waals surface area (Å²) >= 11 is 0. The van der Waals surface area contributed by atoms with Crippen LogP contribution >= 0.6 is 0 Å². The van der Waals surface area contributed by atoms with E-state index >= 15 is 0 Å². The molecule has 0 spiro atoms. The van der Waals surface area contributed by atoms with Crippen LogP contribution in [0.3, 0.4) is 0 Å². The zero-order valence-electron chi connectivity index (χ0n) is 21.2.